The molecule has 294 valence electrons. The Labute approximate surface area is 325 Å². The molecule has 2 unspecified atom stereocenters. The van der Waals surface area contributed by atoms with E-state index in [0.717, 1.165) is 22.3 Å². The van der Waals surface area contributed by atoms with Gasteiger partial charge in [0.05, 0.1) is 52.3 Å². The second-order valence-corrected chi connectivity index (χ2v) is 15.1. The highest BCUT2D eigenvalue weighted by atomic mass is 16.7. The van der Waals surface area contributed by atoms with E-state index >= 15 is 0 Å². The summed E-state index contributed by atoms with van der Waals surface area (Å²) in [5.41, 5.74) is 4.01. The average Bonchev–Trinajstić information content (AvgIpc) is 3.21. The molecule has 4 aromatic rings. The monoisotopic (exact) mass is 752 g/mol. The zero-order chi connectivity index (χ0) is 38.3. The van der Waals surface area contributed by atoms with Crippen LogP contribution in [-0.2, 0) is 64.4 Å². The molecule has 10 nitrogen and oxygen atoms in total. The number of amides is 1. The summed E-state index contributed by atoms with van der Waals surface area (Å²) in [6.45, 7) is 9.36. The van der Waals surface area contributed by atoms with Gasteiger partial charge in [0.15, 0.2) is 12.6 Å². The molecule has 2 N–H and O–H groups in total. The molecule has 0 aliphatic carbocycles. The molecular weight excluding hydrogens is 697 g/mol. The van der Waals surface area contributed by atoms with E-state index in [-0.39, 0.29) is 37.4 Å². The summed E-state index contributed by atoms with van der Waals surface area (Å²) in [5.74, 6) is -0.220. The lowest BCUT2D eigenvalue weighted by Crippen LogP contribution is -2.67. The van der Waals surface area contributed by atoms with E-state index in [1.807, 2.05) is 128 Å². The van der Waals surface area contributed by atoms with Gasteiger partial charge in [-0.3, -0.25) is 4.79 Å². The number of carbonyl (C=O) groups excluding carboxylic acids is 1. The Morgan fingerprint density at radius 2 is 1.16 bits per heavy atom. The molecule has 1 amide bonds. The van der Waals surface area contributed by atoms with Crippen molar-refractivity contribution in [2.45, 2.75) is 96.6 Å². The van der Waals surface area contributed by atoms with Crippen molar-refractivity contribution >= 4 is 5.91 Å². The number of ether oxygens (including phenoxy) is 7. The van der Waals surface area contributed by atoms with Crippen molar-refractivity contribution in [2.24, 2.45) is 5.41 Å². The standard InChI is InChI=1S/C45H56N2O8/c1-33(46-25-24-39-53-31-45(2,3)32-54-39)43(48)47-40-42(51-28-36-20-12-6-13-21-36)41(50-27-35-18-10-5-11-19-35)38(30-49-26-34-16-8-4-9-17-34)55-44(40)52-29-37-22-14-7-15-23-37/h4-23,33,38-42,44,46H,24-32H2,1-3H3,(H,47,48)/t33-,38?,40+,41+,42+,44?/m0/s1. The molecule has 0 radical (unpaired) electrons. The van der Waals surface area contributed by atoms with Crippen LogP contribution in [0.5, 0.6) is 0 Å². The fourth-order valence-corrected chi connectivity index (χ4v) is 6.58. The minimum absolute atomic E-state index is 0.00683. The molecule has 55 heavy (non-hydrogen) atoms. The van der Waals surface area contributed by atoms with Crippen LogP contribution in [0.3, 0.4) is 0 Å². The summed E-state index contributed by atoms with van der Waals surface area (Å²) >= 11 is 0. The zero-order valence-corrected chi connectivity index (χ0v) is 32.2. The summed E-state index contributed by atoms with van der Waals surface area (Å²) < 4.78 is 45.0. The summed E-state index contributed by atoms with van der Waals surface area (Å²) in [6.07, 6.45) is -2.46. The summed E-state index contributed by atoms with van der Waals surface area (Å²) in [6, 6.07) is 38.6. The lowest BCUT2D eigenvalue weighted by molar-refractivity contribution is -0.293. The van der Waals surface area contributed by atoms with Crippen LogP contribution in [0.4, 0.5) is 0 Å². The number of nitrogens with one attached hydrogen (secondary N) is 2. The van der Waals surface area contributed by atoms with E-state index in [1.54, 1.807) is 0 Å². The Hall–Kier alpha value is -3.97. The fourth-order valence-electron chi connectivity index (χ4n) is 6.58. The van der Waals surface area contributed by atoms with Gasteiger partial charge in [0.25, 0.3) is 0 Å². The lowest BCUT2D eigenvalue weighted by atomic mass is 9.95. The first-order chi connectivity index (χ1) is 26.8. The third-order valence-electron chi connectivity index (χ3n) is 9.72. The minimum Gasteiger partial charge on any atom is -0.374 e. The highest BCUT2D eigenvalue weighted by molar-refractivity contribution is 5.81. The molecule has 0 saturated carbocycles. The number of benzene rings is 4. The Kier molecular flexibility index (Phi) is 15.4. The van der Waals surface area contributed by atoms with Crippen LogP contribution in [0.2, 0.25) is 0 Å². The van der Waals surface area contributed by atoms with Crippen molar-refractivity contribution in [1.29, 1.82) is 0 Å². The van der Waals surface area contributed by atoms with Crippen LogP contribution in [-0.4, -0.2) is 75.2 Å². The highest BCUT2D eigenvalue weighted by Gasteiger charge is 2.49. The molecule has 2 aliphatic heterocycles. The molecule has 0 bridgehead atoms. The third-order valence-corrected chi connectivity index (χ3v) is 9.72. The van der Waals surface area contributed by atoms with Crippen LogP contribution < -0.4 is 10.6 Å². The molecule has 6 atom stereocenters. The summed E-state index contributed by atoms with van der Waals surface area (Å²) in [7, 11) is 0. The molecule has 0 aromatic heterocycles. The number of hydrogen-bond donors (Lipinski definition) is 2. The first kappa shape index (κ1) is 40.7. The van der Waals surface area contributed by atoms with E-state index < -0.39 is 36.7 Å². The molecule has 0 spiro atoms. The summed E-state index contributed by atoms with van der Waals surface area (Å²) in [5, 5.41) is 6.61. The number of carbonyl (C=O) groups is 1. The van der Waals surface area contributed by atoms with E-state index in [4.69, 9.17) is 33.2 Å². The van der Waals surface area contributed by atoms with E-state index in [2.05, 4.69) is 24.5 Å². The van der Waals surface area contributed by atoms with Gasteiger partial charge in [-0.15, -0.1) is 0 Å². The van der Waals surface area contributed by atoms with Gasteiger partial charge in [-0.25, -0.2) is 0 Å². The first-order valence-electron chi connectivity index (χ1n) is 19.3. The average molecular weight is 753 g/mol. The van der Waals surface area contributed by atoms with Crippen LogP contribution in [0.25, 0.3) is 0 Å². The molecule has 6 rings (SSSR count). The van der Waals surface area contributed by atoms with Crippen molar-refractivity contribution in [3.63, 3.8) is 0 Å². The molecular formula is C45H56N2O8. The normalized spacial score (nSPS) is 23.2. The second kappa shape index (κ2) is 20.8. The van der Waals surface area contributed by atoms with Crippen LogP contribution >= 0.6 is 0 Å². The molecule has 10 heteroatoms. The number of rotatable bonds is 19. The molecule has 2 fully saturated rings. The molecule has 2 saturated heterocycles. The predicted octanol–water partition coefficient (Wildman–Crippen LogP) is 6.57. The Morgan fingerprint density at radius 3 is 1.69 bits per heavy atom. The highest BCUT2D eigenvalue weighted by Crippen LogP contribution is 2.30. The van der Waals surface area contributed by atoms with Crippen LogP contribution in [0.15, 0.2) is 121 Å². The topological polar surface area (TPSA) is 106 Å². The Bertz CT molecular complexity index is 1670. The Morgan fingerprint density at radius 1 is 0.691 bits per heavy atom. The van der Waals surface area contributed by atoms with E-state index in [0.29, 0.717) is 39.4 Å². The van der Waals surface area contributed by atoms with E-state index in [1.165, 1.54) is 0 Å². The van der Waals surface area contributed by atoms with Gasteiger partial charge >= 0.3 is 0 Å². The maximum absolute atomic E-state index is 14.0. The van der Waals surface area contributed by atoms with Crippen LogP contribution in [0, 0.1) is 5.41 Å². The smallest absolute Gasteiger partial charge is 0.237 e. The second-order valence-electron chi connectivity index (χ2n) is 15.1. The molecule has 2 aliphatic rings. The van der Waals surface area contributed by atoms with Gasteiger partial charge in [-0.1, -0.05) is 135 Å². The van der Waals surface area contributed by atoms with E-state index in [9.17, 15) is 4.79 Å². The van der Waals surface area contributed by atoms with Crippen molar-refractivity contribution in [3.8, 4) is 0 Å². The first-order valence-corrected chi connectivity index (χ1v) is 19.3. The predicted molar refractivity (Wildman–Crippen MR) is 210 cm³/mol. The molecule has 2 heterocycles. The van der Waals surface area contributed by atoms with Crippen molar-refractivity contribution < 1.29 is 38.0 Å². The third kappa shape index (κ3) is 12.8. The van der Waals surface area contributed by atoms with Gasteiger partial charge in [0.2, 0.25) is 5.91 Å². The van der Waals surface area contributed by atoms with Crippen LogP contribution in [0.1, 0.15) is 49.4 Å². The SMILES string of the molecule is C[C@H](NCCC1OCC(C)(C)CO1)C(=O)N[C@H]1C(OCc2ccccc2)OC(COCc2ccccc2)[C@@H](OCc2ccccc2)[C@@H]1OCc1ccccc1. The lowest BCUT2D eigenvalue weighted by Gasteiger charge is -2.46. The number of hydrogen-bond acceptors (Lipinski definition) is 9. The van der Waals surface area contributed by atoms with Crippen molar-refractivity contribution in [3.05, 3.63) is 144 Å². The van der Waals surface area contributed by atoms with Gasteiger partial charge in [0, 0.05) is 18.4 Å². The minimum atomic E-state index is -0.883. The maximum Gasteiger partial charge on any atom is 0.237 e. The van der Waals surface area contributed by atoms with Crippen molar-refractivity contribution in [2.75, 3.05) is 26.4 Å². The van der Waals surface area contributed by atoms with Crippen molar-refractivity contribution in [1.82, 2.24) is 10.6 Å². The summed E-state index contributed by atoms with van der Waals surface area (Å²) in [4.78, 5) is 14.0. The maximum atomic E-state index is 14.0. The largest absolute Gasteiger partial charge is 0.374 e. The van der Waals surface area contributed by atoms with Gasteiger partial charge in [0.1, 0.15) is 24.4 Å². The zero-order valence-electron chi connectivity index (χ0n) is 32.2. The molecule has 4 aromatic carbocycles. The quantitative estimate of drug-likeness (QED) is 0.110. The van der Waals surface area contributed by atoms with Gasteiger partial charge in [-0.2, -0.15) is 0 Å². The Balaban J connectivity index is 1.23. The fraction of sp³-hybridized carbons (Fsp3) is 0.444. The van der Waals surface area contributed by atoms with Gasteiger partial charge in [-0.05, 0) is 29.2 Å². The van der Waals surface area contributed by atoms with Gasteiger partial charge < -0.3 is 43.8 Å².